The van der Waals surface area contributed by atoms with Crippen LogP contribution in [-0.2, 0) is 12.8 Å². The van der Waals surface area contributed by atoms with Crippen molar-refractivity contribution in [3.8, 4) is 0 Å². The van der Waals surface area contributed by atoms with Gasteiger partial charge in [-0.15, -0.1) is 0 Å². The van der Waals surface area contributed by atoms with Crippen LogP contribution in [0.5, 0.6) is 0 Å². The third-order valence-electron chi connectivity index (χ3n) is 6.41. The number of hydrogen-bond acceptors (Lipinski definition) is 3. The topological polar surface area (TPSA) is 40.5 Å². The van der Waals surface area contributed by atoms with Crippen LogP contribution in [0.3, 0.4) is 0 Å². The number of rotatable bonds is 16. The molecule has 2 aromatic rings. The molecule has 33 heavy (non-hydrogen) atoms. The Labute approximate surface area is 207 Å². The summed E-state index contributed by atoms with van der Waals surface area (Å²) in [6.45, 7) is 8.68. The van der Waals surface area contributed by atoms with Crippen LogP contribution in [0.4, 0.5) is 0 Å². The molecule has 0 amide bonds. The van der Waals surface area contributed by atoms with Crippen molar-refractivity contribution >= 4 is 11.8 Å². The van der Waals surface area contributed by atoms with E-state index >= 15 is 0 Å². The molecule has 2 unspecified atom stereocenters. The van der Waals surface area contributed by atoms with Gasteiger partial charge in [-0.1, -0.05) is 75.6 Å². The second kappa shape index (κ2) is 15.6. The predicted molar refractivity (Wildman–Crippen MR) is 143 cm³/mol. The van der Waals surface area contributed by atoms with Crippen LogP contribution in [0.25, 0.3) is 0 Å². The molecule has 2 N–H and O–H groups in total. The van der Waals surface area contributed by atoms with Crippen molar-refractivity contribution in [2.24, 2.45) is 0 Å². The first kappa shape index (κ1) is 28.0. The highest BCUT2D eigenvalue weighted by Gasteiger charge is 2.12. The zero-order valence-electron chi connectivity index (χ0n) is 21.4. The lowest BCUT2D eigenvalue weighted by Gasteiger charge is -2.16. The zero-order chi connectivity index (χ0) is 24.1. The van der Waals surface area contributed by atoms with Crippen molar-refractivity contribution in [1.82, 2.24) is 0 Å². The summed E-state index contributed by atoms with van der Waals surface area (Å²) in [5.41, 5.74) is 5.35. The minimum Gasteiger partial charge on any atom is -0.393 e. The van der Waals surface area contributed by atoms with Crippen LogP contribution in [0, 0.1) is 13.8 Å². The van der Waals surface area contributed by atoms with Gasteiger partial charge in [0.25, 0.3) is 0 Å². The van der Waals surface area contributed by atoms with Gasteiger partial charge in [-0.25, -0.2) is 0 Å². The average molecular weight is 471 g/mol. The summed E-state index contributed by atoms with van der Waals surface area (Å²) < 4.78 is 0. The first-order valence-corrected chi connectivity index (χ1v) is 14.0. The van der Waals surface area contributed by atoms with E-state index in [2.05, 4.69) is 64.1 Å². The molecule has 0 heterocycles. The molecule has 0 aliphatic heterocycles. The lowest BCUT2D eigenvalue weighted by atomic mass is 10.0. The minimum absolute atomic E-state index is 0.164. The fourth-order valence-electron chi connectivity index (χ4n) is 4.27. The van der Waals surface area contributed by atoms with Gasteiger partial charge in [0.2, 0.25) is 0 Å². The van der Waals surface area contributed by atoms with Gasteiger partial charge in [0, 0.05) is 9.79 Å². The molecular formula is C30H46O2S. The molecule has 0 saturated heterocycles. The van der Waals surface area contributed by atoms with Crippen molar-refractivity contribution in [2.45, 2.75) is 127 Å². The van der Waals surface area contributed by atoms with Crippen LogP contribution in [-0.4, -0.2) is 22.4 Å². The summed E-state index contributed by atoms with van der Waals surface area (Å²) in [6, 6.07) is 13.6. The highest BCUT2D eigenvalue weighted by Crippen LogP contribution is 2.35. The smallest absolute Gasteiger partial charge is 0.0540 e. The molecule has 2 aromatic carbocycles. The summed E-state index contributed by atoms with van der Waals surface area (Å²) in [7, 11) is 0. The minimum atomic E-state index is -0.164. The molecule has 2 atom stereocenters. The van der Waals surface area contributed by atoms with Crippen molar-refractivity contribution in [3.05, 3.63) is 58.7 Å². The number of hydrogen-bond donors (Lipinski definition) is 2. The van der Waals surface area contributed by atoms with E-state index in [1.54, 1.807) is 0 Å². The molecule has 2 rings (SSSR count). The van der Waals surface area contributed by atoms with Crippen molar-refractivity contribution in [3.63, 3.8) is 0 Å². The maximum atomic E-state index is 10.2. The Morgan fingerprint density at radius 1 is 0.636 bits per heavy atom. The maximum Gasteiger partial charge on any atom is 0.0540 e. The van der Waals surface area contributed by atoms with Gasteiger partial charge in [0.15, 0.2) is 0 Å². The quantitative estimate of drug-likeness (QED) is 0.260. The first-order chi connectivity index (χ1) is 15.9. The van der Waals surface area contributed by atoms with Crippen LogP contribution >= 0.6 is 11.8 Å². The van der Waals surface area contributed by atoms with Crippen LogP contribution in [0.1, 0.15) is 100 Å². The van der Waals surface area contributed by atoms with E-state index in [4.69, 9.17) is 0 Å². The van der Waals surface area contributed by atoms with Crippen molar-refractivity contribution < 1.29 is 10.2 Å². The Morgan fingerprint density at radius 3 is 1.42 bits per heavy atom. The lowest BCUT2D eigenvalue weighted by Crippen LogP contribution is -2.07. The zero-order valence-corrected chi connectivity index (χ0v) is 22.2. The second-order valence-corrected chi connectivity index (χ2v) is 10.8. The molecule has 184 valence electrons. The Morgan fingerprint density at radius 2 is 1.03 bits per heavy atom. The van der Waals surface area contributed by atoms with Crippen molar-refractivity contribution in [1.29, 1.82) is 0 Å². The normalized spacial score (nSPS) is 13.3. The number of aryl methyl sites for hydroxylation is 4. The summed E-state index contributed by atoms with van der Waals surface area (Å²) >= 11 is 1.89. The second-order valence-electron chi connectivity index (χ2n) is 9.70. The fourth-order valence-corrected chi connectivity index (χ4v) is 5.60. The monoisotopic (exact) mass is 470 g/mol. The summed E-state index contributed by atoms with van der Waals surface area (Å²) in [5.74, 6) is 0. The molecule has 0 bridgehead atoms. The average Bonchev–Trinajstić information content (AvgIpc) is 2.79. The summed E-state index contributed by atoms with van der Waals surface area (Å²) in [6.07, 6.45) is 11.9. The lowest BCUT2D eigenvalue weighted by molar-refractivity contribution is 0.149. The molecule has 0 aliphatic rings. The molecule has 3 heteroatoms. The summed E-state index contributed by atoms with van der Waals surface area (Å²) in [4.78, 5) is 2.68. The molecular weight excluding hydrogens is 424 g/mol. The van der Waals surface area contributed by atoms with Gasteiger partial charge in [-0.3, -0.25) is 0 Å². The van der Waals surface area contributed by atoms with E-state index in [-0.39, 0.29) is 12.2 Å². The van der Waals surface area contributed by atoms with Gasteiger partial charge >= 0.3 is 0 Å². The number of aliphatic hydroxyl groups excluding tert-OH is 2. The standard InChI is InChI=1S/C30H46O2S/c1-5-7-13-27(31)15-9-11-25-19-17-23(3)21-29(25)33-30-22-24(4)18-20-26(30)12-10-16-28(32)14-8-6-2/h17-22,27-28,31-32H,5-16H2,1-4H3. The van der Waals surface area contributed by atoms with E-state index in [9.17, 15) is 10.2 Å². The predicted octanol–water partition coefficient (Wildman–Crippen LogP) is 8.20. The maximum absolute atomic E-state index is 10.2. The fraction of sp³-hybridized carbons (Fsp3) is 0.600. The highest BCUT2D eigenvalue weighted by atomic mass is 32.2. The largest absolute Gasteiger partial charge is 0.393 e. The molecule has 0 radical (unpaired) electrons. The number of benzene rings is 2. The number of aliphatic hydroxyl groups is 2. The molecule has 0 aliphatic carbocycles. The van der Waals surface area contributed by atoms with E-state index < -0.39 is 0 Å². The van der Waals surface area contributed by atoms with E-state index in [1.165, 1.54) is 32.0 Å². The Bertz CT molecular complexity index is 749. The van der Waals surface area contributed by atoms with Gasteiger partial charge < -0.3 is 10.2 Å². The molecule has 0 aromatic heterocycles. The van der Waals surface area contributed by atoms with Crippen LogP contribution in [0.15, 0.2) is 46.2 Å². The molecule has 0 spiro atoms. The van der Waals surface area contributed by atoms with Crippen LogP contribution < -0.4 is 0 Å². The van der Waals surface area contributed by atoms with Gasteiger partial charge in [-0.05, 0) is 99.6 Å². The molecule has 0 saturated carbocycles. The Balaban J connectivity index is 2.05. The van der Waals surface area contributed by atoms with E-state index in [1.807, 2.05) is 11.8 Å². The van der Waals surface area contributed by atoms with Crippen LogP contribution in [0.2, 0.25) is 0 Å². The van der Waals surface area contributed by atoms with Gasteiger partial charge in [-0.2, -0.15) is 0 Å². The molecule has 0 fully saturated rings. The van der Waals surface area contributed by atoms with E-state index in [0.717, 1.165) is 77.0 Å². The highest BCUT2D eigenvalue weighted by molar-refractivity contribution is 7.99. The van der Waals surface area contributed by atoms with E-state index in [0.29, 0.717) is 0 Å². The third kappa shape index (κ3) is 10.7. The first-order valence-electron chi connectivity index (χ1n) is 13.2. The van der Waals surface area contributed by atoms with Gasteiger partial charge in [0.05, 0.1) is 12.2 Å². The van der Waals surface area contributed by atoms with Gasteiger partial charge in [0.1, 0.15) is 0 Å². The number of unbranched alkanes of at least 4 members (excludes halogenated alkanes) is 2. The SMILES string of the molecule is CCCCC(O)CCCc1ccc(C)cc1Sc1cc(C)ccc1CCCC(O)CCCC. The summed E-state index contributed by atoms with van der Waals surface area (Å²) in [5, 5.41) is 20.4. The Hall–Kier alpha value is -1.29. The Kier molecular flexibility index (Phi) is 13.2. The third-order valence-corrected chi connectivity index (χ3v) is 7.61. The van der Waals surface area contributed by atoms with Crippen molar-refractivity contribution in [2.75, 3.05) is 0 Å². The molecule has 2 nitrogen and oxygen atoms in total.